The Hall–Kier alpha value is -1.03. The highest BCUT2D eigenvalue weighted by atomic mass is 79.9. The average Bonchev–Trinajstić information content (AvgIpc) is 2.17. The molecule has 74 valence electrons. The Kier molecular flexibility index (Phi) is 2.46. The van der Waals surface area contributed by atoms with Gasteiger partial charge in [-0.25, -0.2) is 0 Å². The minimum atomic E-state index is 0.0538. The number of hydrogen-bond donors (Lipinski definition) is 1. The molecule has 1 heterocycles. The smallest absolute Gasteiger partial charge is 0.224 e. The first-order chi connectivity index (χ1) is 6.70. The number of carbonyl (C=O) groups excluding carboxylic acids is 1. The van der Waals surface area contributed by atoms with Gasteiger partial charge in [0.2, 0.25) is 5.91 Å². The summed E-state index contributed by atoms with van der Waals surface area (Å²) >= 11 is 3.40. The normalized spacial score (nSPS) is 14.6. The van der Waals surface area contributed by atoms with Crippen LogP contribution in [0.1, 0.15) is 12.0 Å². The van der Waals surface area contributed by atoms with Crippen LogP contribution in [0, 0.1) is 0 Å². The molecular weight excluding hydrogens is 246 g/mol. The number of methoxy groups -OCH3 is 1. The molecule has 3 nitrogen and oxygen atoms in total. The van der Waals surface area contributed by atoms with Gasteiger partial charge < -0.3 is 10.1 Å². The highest BCUT2D eigenvalue weighted by molar-refractivity contribution is 9.10. The molecule has 1 amide bonds. The molecule has 2 rings (SSSR count). The summed E-state index contributed by atoms with van der Waals surface area (Å²) in [5.41, 5.74) is 1.93. The van der Waals surface area contributed by atoms with Crippen LogP contribution in [0.2, 0.25) is 0 Å². The van der Waals surface area contributed by atoms with Gasteiger partial charge in [-0.05, 0) is 24.1 Å². The standard InChI is InChI=1S/C10H10BrNO2/c1-14-8-5-7(11)4-6-2-3-9(13)12-10(6)8/h4-5H,2-3H2,1H3,(H,12,13). The molecule has 1 aromatic carbocycles. The largest absolute Gasteiger partial charge is 0.495 e. The van der Waals surface area contributed by atoms with Crippen LogP contribution in [0.4, 0.5) is 5.69 Å². The summed E-state index contributed by atoms with van der Waals surface area (Å²) in [6, 6.07) is 3.86. The van der Waals surface area contributed by atoms with Crippen LogP contribution in [0.15, 0.2) is 16.6 Å². The minimum Gasteiger partial charge on any atom is -0.495 e. The lowest BCUT2D eigenvalue weighted by molar-refractivity contribution is -0.116. The number of aryl methyl sites for hydroxylation is 1. The van der Waals surface area contributed by atoms with Gasteiger partial charge in [0.05, 0.1) is 12.8 Å². The van der Waals surface area contributed by atoms with Crippen molar-refractivity contribution in [3.05, 3.63) is 22.2 Å². The predicted molar refractivity (Wildman–Crippen MR) is 57.6 cm³/mol. The van der Waals surface area contributed by atoms with Crippen LogP contribution in [-0.4, -0.2) is 13.0 Å². The molecule has 1 aliphatic rings. The SMILES string of the molecule is COc1cc(Br)cc2c1NC(=O)CC2. The second-order valence-electron chi connectivity index (χ2n) is 3.19. The van der Waals surface area contributed by atoms with Gasteiger partial charge in [-0.15, -0.1) is 0 Å². The summed E-state index contributed by atoms with van der Waals surface area (Å²) in [5, 5.41) is 2.82. The lowest BCUT2D eigenvalue weighted by Crippen LogP contribution is -2.19. The van der Waals surface area contributed by atoms with Gasteiger partial charge in [-0.3, -0.25) is 4.79 Å². The van der Waals surface area contributed by atoms with Gasteiger partial charge in [0, 0.05) is 10.9 Å². The lowest BCUT2D eigenvalue weighted by atomic mass is 10.0. The maximum atomic E-state index is 11.2. The van der Waals surface area contributed by atoms with Gasteiger partial charge >= 0.3 is 0 Å². The van der Waals surface area contributed by atoms with Crippen molar-refractivity contribution in [3.8, 4) is 5.75 Å². The monoisotopic (exact) mass is 255 g/mol. The van der Waals surface area contributed by atoms with Crippen LogP contribution in [0.5, 0.6) is 5.75 Å². The number of benzene rings is 1. The van der Waals surface area contributed by atoms with E-state index in [1.165, 1.54) is 0 Å². The number of fused-ring (bicyclic) bond motifs is 1. The van der Waals surface area contributed by atoms with Crippen LogP contribution < -0.4 is 10.1 Å². The maximum absolute atomic E-state index is 11.2. The third-order valence-corrected chi connectivity index (χ3v) is 2.71. The molecule has 0 radical (unpaired) electrons. The number of carbonyl (C=O) groups is 1. The average molecular weight is 256 g/mol. The lowest BCUT2D eigenvalue weighted by Gasteiger charge is -2.19. The van der Waals surface area contributed by atoms with Gasteiger partial charge in [-0.1, -0.05) is 15.9 Å². The van der Waals surface area contributed by atoms with Crippen molar-refractivity contribution >= 4 is 27.5 Å². The van der Waals surface area contributed by atoms with Crippen molar-refractivity contribution in [2.24, 2.45) is 0 Å². The zero-order valence-corrected chi connectivity index (χ0v) is 9.35. The van der Waals surface area contributed by atoms with Crippen LogP contribution >= 0.6 is 15.9 Å². The molecule has 14 heavy (non-hydrogen) atoms. The Bertz CT molecular complexity index is 373. The first-order valence-corrected chi connectivity index (χ1v) is 5.16. The number of amides is 1. The van der Waals surface area contributed by atoms with Crippen LogP contribution in [-0.2, 0) is 11.2 Å². The summed E-state index contributed by atoms with van der Waals surface area (Å²) in [5.74, 6) is 0.764. The molecule has 0 atom stereocenters. The zero-order valence-electron chi connectivity index (χ0n) is 7.76. The van der Waals surface area contributed by atoms with Crippen LogP contribution in [0.3, 0.4) is 0 Å². The molecule has 0 saturated carbocycles. The van der Waals surface area contributed by atoms with E-state index in [2.05, 4.69) is 21.2 Å². The van der Waals surface area contributed by atoms with Gasteiger partial charge in [0.1, 0.15) is 5.75 Å². The fraction of sp³-hybridized carbons (Fsp3) is 0.300. The summed E-state index contributed by atoms with van der Waals surface area (Å²) < 4.78 is 6.17. The van der Waals surface area contributed by atoms with E-state index in [9.17, 15) is 4.79 Å². The van der Waals surface area contributed by atoms with Crippen molar-refractivity contribution in [1.82, 2.24) is 0 Å². The van der Waals surface area contributed by atoms with Crippen LogP contribution in [0.25, 0.3) is 0 Å². The van der Waals surface area contributed by atoms with Crippen molar-refractivity contribution in [1.29, 1.82) is 0 Å². The predicted octanol–water partition coefficient (Wildman–Crippen LogP) is 2.34. The number of halogens is 1. The van der Waals surface area contributed by atoms with Crippen molar-refractivity contribution in [2.75, 3.05) is 12.4 Å². The topological polar surface area (TPSA) is 38.3 Å². The third-order valence-electron chi connectivity index (χ3n) is 2.25. The van der Waals surface area contributed by atoms with E-state index in [1.54, 1.807) is 7.11 Å². The second-order valence-corrected chi connectivity index (χ2v) is 4.11. The van der Waals surface area contributed by atoms with E-state index < -0.39 is 0 Å². The van der Waals surface area contributed by atoms with E-state index in [0.29, 0.717) is 12.2 Å². The Labute approximate surface area is 90.6 Å². The Morgan fingerprint density at radius 1 is 1.43 bits per heavy atom. The minimum absolute atomic E-state index is 0.0538. The molecule has 0 saturated heterocycles. The fourth-order valence-electron chi connectivity index (χ4n) is 1.59. The second kappa shape index (κ2) is 3.61. The van der Waals surface area contributed by atoms with E-state index in [-0.39, 0.29) is 5.91 Å². The quantitative estimate of drug-likeness (QED) is 0.837. The summed E-state index contributed by atoms with van der Waals surface area (Å²) in [6.07, 6.45) is 1.32. The Morgan fingerprint density at radius 2 is 2.21 bits per heavy atom. The maximum Gasteiger partial charge on any atom is 0.224 e. The van der Waals surface area contributed by atoms with Gasteiger partial charge in [0.15, 0.2) is 0 Å². The third kappa shape index (κ3) is 1.62. The molecule has 1 aromatic rings. The molecule has 4 heteroatoms. The highest BCUT2D eigenvalue weighted by Crippen LogP contribution is 2.35. The summed E-state index contributed by atoms with van der Waals surface area (Å²) in [4.78, 5) is 11.2. The molecule has 0 aliphatic carbocycles. The molecule has 0 unspecified atom stereocenters. The Balaban J connectivity index is 2.52. The first kappa shape index (κ1) is 9.52. The number of ether oxygens (including phenoxy) is 1. The molecular formula is C10H10BrNO2. The molecule has 0 fully saturated rings. The molecule has 1 aliphatic heterocycles. The van der Waals surface area contributed by atoms with E-state index in [1.807, 2.05) is 12.1 Å². The summed E-state index contributed by atoms with van der Waals surface area (Å²) in [6.45, 7) is 0. The van der Waals surface area contributed by atoms with E-state index in [4.69, 9.17) is 4.74 Å². The number of hydrogen-bond acceptors (Lipinski definition) is 2. The number of anilines is 1. The number of rotatable bonds is 1. The number of nitrogens with one attached hydrogen (secondary N) is 1. The molecule has 0 aromatic heterocycles. The Morgan fingerprint density at radius 3 is 2.93 bits per heavy atom. The van der Waals surface area contributed by atoms with Crippen molar-refractivity contribution < 1.29 is 9.53 Å². The highest BCUT2D eigenvalue weighted by Gasteiger charge is 2.18. The van der Waals surface area contributed by atoms with Crippen molar-refractivity contribution in [3.63, 3.8) is 0 Å². The molecule has 0 spiro atoms. The first-order valence-electron chi connectivity index (χ1n) is 4.37. The van der Waals surface area contributed by atoms with Gasteiger partial charge in [0.25, 0.3) is 0 Å². The van der Waals surface area contributed by atoms with Gasteiger partial charge in [-0.2, -0.15) is 0 Å². The van der Waals surface area contributed by atoms with E-state index in [0.717, 1.165) is 22.1 Å². The fourth-order valence-corrected chi connectivity index (χ4v) is 2.07. The molecule has 1 N–H and O–H groups in total. The van der Waals surface area contributed by atoms with E-state index >= 15 is 0 Å². The van der Waals surface area contributed by atoms with Crippen molar-refractivity contribution in [2.45, 2.75) is 12.8 Å². The zero-order chi connectivity index (χ0) is 10.1. The summed E-state index contributed by atoms with van der Waals surface area (Å²) in [7, 11) is 1.60. The molecule has 0 bridgehead atoms.